The first-order chi connectivity index (χ1) is 15.0. The molecule has 0 aliphatic heterocycles. The van der Waals surface area contributed by atoms with E-state index >= 15 is 0 Å². The number of ketones is 1. The van der Waals surface area contributed by atoms with E-state index in [1.54, 1.807) is 0 Å². The minimum absolute atomic E-state index is 0.200. The van der Waals surface area contributed by atoms with Crippen molar-refractivity contribution in [2.45, 2.75) is 46.8 Å². The van der Waals surface area contributed by atoms with E-state index in [-0.39, 0.29) is 11.1 Å². The van der Waals surface area contributed by atoms with E-state index in [9.17, 15) is 23.3 Å². The van der Waals surface area contributed by atoms with Crippen LogP contribution in [0.1, 0.15) is 47.6 Å². The summed E-state index contributed by atoms with van der Waals surface area (Å²) in [6, 6.07) is 9.50. The summed E-state index contributed by atoms with van der Waals surface area (Å²) >= 11 is 0. The molecule has 0 aliphatic carbocycles. The second-order valence-electron chi connectivity index (χ2n) is 7.51. The molecule has 9 heteroatoms. The minimum Gasteiger partial charge on any atom is -0.450 e. The zero-order valence-corrected chi connectivity index (χ0v) is 19.6. The van der Waals surface area contributed by atoms with Gasteiger partial charge >= 0.3 is 5.97 Å². The number of benzene rings is 1. The summed E-state index contributed by atoms with van der Waals surface area (Å²) in [5.74, 6) is -1.35. The van der Waals surface area contributed by atoms with Gasteiger partial charge in [-0.1, -0.05) is 6.92 Å². The molecule has 1 aromatic carbocycles. The number of carbonyl (C=O) groups is 2. The van der Waals surface area contributed by atoms with Crippen molar-refractivity contribution in [2.24, 2.45) is 0 Å². The molecule has 1 aromatic heterocycles. The van der Waals surface area contributed by atoms with E-state index in [1.165, 1.54) is 37.3 Å². The summed E-state index contributed by atoms with van der Waals surface area (Å²) in [6.07, 6.45) is 2.33. The number of ether oxygens (including phenoxy) is 1. The maximum Gasteiger partial charge on any atom is 0.349 e. The third-order valence-corrected chi connectivity index (χ3v) is 5.43. The molecular weight excluding hydrogens is 430 g/mol. The maximum absolute atomic E-state index is 12.6. The van der Waals surface area contributed by atoms with Gasteiger partial charge in [-0.25, -0.2) is 13.2 Å². The summed E-state index contributed by atoms with van der Waals surface area (Å²) in [4.78, 5) is 25.1. The number of aryl methyl sites for hydroxylation is 1. The molecule has 2 rings (SSSR count). The number of nitriles is 1. The SMILES string of the molecule is CCCn1c(C)cc(/C=C(\C#N)C(=O)OC(C)C(=O)c2ccc(NS(C)(=O)=O)cc2)c1C. The van der Waals surface area contributed by atoms with Crippen LogP contribution in [0, 0.1) is 25.2 Å². The van der Waals surface area contributed by atoms with E-state index in [2.05, 4.69) is 16.2 Å². The van der Waals surface area contributed by atoms with Crippen LogP contribution in [0.5, 0.6) is 0 Å². The molecule has 0 radical (unpaired) electrons. The number of Topliss-reactive ketones (excluding diaryl/α,β-unsaturated/α-hetero) is 1. The average molecular weight is 458 g/mol. The van der Waals surface area contributed by atoms with Crippen LogP contribution < -0.4 is 4.72 Å². The molecule has 0 bridgehead atoms. The minimum atomic E-state index is -3.43. The number of esters is 1. The number of carbonyl (C=O) groups excluding carboxylic acids is 2. The summed E-state index contributed by atoms with van der Waals surface area (Å²) in [6.45, 7) is 8.21. The highest BCUT2D eigenvalue weighted by atomic mass is 32.2. The van der Waals surface area contributed by atoms with Gasteiger partial charge in [0.05, 0.1) is 6.26 Å². The molecule has 0 spiro atoms. The molecule has 0 aliphatic rings. The van der Waals surface area contributed by atoms with Gasteiger partial charge in [0.1, 0.15) is 11.6 Å². The number of aromatic nitrogens is 1. The molecule has 1 heterocycles. The largest absolute Gasteiger partial charge is 0.450 e. The highest BCUT2D eigenvalue weighted by Crippen LogP contribution is 2.20. The molecule has 0 saturated heterocycles. The van der Waals surface area contributed by atoms with Gasteiger partial charge in [-0.3, -0.25) is 9.52 Å². The summed E-state index contributed by atoms with van der Waals surface area (Å²) in [7, 11) is -3.43. The number of nitrogens with one attached hydrogen (secondary N) is 1. The van der Waals surface area contributed by atoms with Gasteiger partial charge in [0, 0.05) is 29.2 Å². The van der Waals surface area contributed by atoms with Crippen LogP contribution in [-0.2, 0) is 26.1 Å². The normalized spacial score (nSPS) is 12.7. The number of hydrogen-bond acceptors (Lipinski definition) is 6. The lowest BCUT2D eigenvalue weighted by Gasteiger charge is -2.12. The Labute approximate surface area is 188 Å². The number of nitrogens with zero attached hydrogens (tertiary/aromatic N) is 2. The lowest BCUT2D eigenvalue weighted by Crippen LogP contribution is -2.25. The fourth-order valence-electron chi connectivity index (χ4n) is 3.26. The Kier molecular flexibility index (Phi) is 8.00. The first-order valence-electron chi connectivity index (χ1n) is 10.1. The van der Waals surface area contributed by atoms with Crippen molar-refractivity contribution in [3.05, 3.63) is 58.4 Å². The van der Waals surface area contributed by atoms with Crippen LogP contribution in [-0.4, -0.2) is 37.1 Å². The Morgan fingerprint density at radius 3 is 2.41 bits per heavy atom. The molecule has 0 fully saturated rings. The highest BCUT2D eigenvalue weighted by Gasteiger charge is 2.22. The molecule has 32 heavy (non-hydrogen) atoms. The standard InChI is InChI=1S/C23H27N3O5S/c1-6-11-26-15(2)12-19(16(26)3)13-20(14-24)23(28)31-17(4)22(27)18-7-9-21(10-8-18)25-32(5,29)30/h7-10,12-13,17,25H,6,11H2,1-5H3/b20-13+. The fraction of sp³-hybridized carbons (Fsp3) is 0.348. The zero-order chi connectivity index (χ0) is 24.1. The fourth-order valence-corrected chi connectivity index (χ4v) is 3.83. The molecule has 1 atom stereocenters. The smallest absolute Gasteiger partial charge is 0.349 e. The average Bonchev–Trinajstić information content (AvgIpc) is 2.98. The van der Waals surface area contributed by atoms with E-state index in [1.807, 2.05) is 26.0 Å². The van der Waals surface area contributed by atoms with Crippen molar-refractivity contribution in [1.29, 1.82) is 5.26 Å². The predicted molar refractivity (Wildman–Crippen MR) is 123 cm³/mol. The van der Waals surface area contributed by atoms with Crippen LogP contribution in [0.4, 0.5) is 5.69 Å². The van der Waals surface area contributed by atoms with E-state index in [0.29, 0.717) is 5.69 Å². The Balaban J connectivity index is 2.15. The third-order valence-electron chi connectivity index (χ3n) is 4.83. The van der Waals surface area contributed by atoms with Crippen LogP contribution in [0.2, 0.25) is 0 Å². The van der Waals surface area contributed by atoms with Gasteiger partial charge < -0.3 is 9.30 Å². The van der Waals surface area contributed by atoms with Gasteiger partial charge in [-0.05, 0) is 69.2 Å². The van der Waals surface area contributed by atoms with E-state index < -0.39 is 27.9 Å². The highest BCUT2D eigenvalue weighted by molar-refractivity contribution is 7.92. The first-order valence-corrected chi connectivity index (χ1v) is 12.0. The van der Waals surface area contributed by atoms with Crippen LogP contribution >= 0.6 is 0 Å². The Morgan fingerprint density at radius 2 is 1.88 bits per heavy atom. The predicted octanol–water partition coefficient (Wildman–Crippen LogP) is 3.61. The Bertz CT molecular complexity index is 1190. The Morgan fingerprint density at radius 1 is 1.25 bits per heavy atom. The van der Waals surface area contributed by atoms with Gasteiger partial charge in [0.15, 0.2) is 6.10 Å². The number of anilines is 1. The van der Waals surface area contributed by atoms with Crippen molar-refractivity contribution in [3.63, 3.8) is 0 Å². The lowest BCUT2D eigenvalue weighted by molar-refractivity contribution is -0.141. The van der Waals surface area contributed by atoms with Crippen molar-refractivity contribution in [2.75, 3.05) is 11.0 Å². The molecule has 170 valence electrons. The molecule has 1 unspecified atom stereocenters. The molecular formula is C23H27N3O5S. The zero-order valence-electron chi connectivity index (χ0n) is 18.8. The summed E-state index contributed by atoms with van der Waals surface area (Å²) < 4.78 is 32.2. The summed E-state index contributed by atoms with van der Waals surface area (Å²) in [5, 5.41) is 9.45. The first kappa shape index (κ1) is 24.9. The molecule has 0 amide bonds. The van der Waals surface area contributed by atoms with Crippen molar-refractivity contribution < 1.29 is 22.7 Å². The van der Waals surface area contributed by atoms with Gasteiger partial charge in [0.25, 0.3) is 0 Å². The molecule has 1 N–H and O–H groups in total. The maximum atomic E-state index is 12.6. The van der Waals surface area contributed by atoms with Gasteiger partial charge in [-0.15, -0.1) is 0 Å². The number of rotatable bonds is 9. The van der Waals surface area contributed by atoms with Crippen LogP contribution in [0.25, 0.3) is 6.08 Å². The molecule has 0 saturated carbocycles. The summed E-state index contributed by atoms with van der Waals surface area (Å²) in [5.41, 5.74) is 3.07. The quantitative estimate of drug-likeness (QED) is 0.266. The topological polar surface area (TPSA) is 118 Å². The third kappa shape index (κ3) is 6.31. The number of hydrogen-bond donors (Lipinski definition) is 1. The Hall–Kier alpha value is -3.38. The monoisotopic (exact) mass is 457 g/mol. The second kappa shape index (κ2) is 10.3. The second-order valence-corrected chi connectivity index (χ2v) is 9.26. The van der Waals surface area contributed by atoms with E-state index in [4.69, 9.17) is 4.74 Å². The van der Waals surface area contributed by atoms with Gasteiger partial charge in [-0.2, -0.15) is 5.26 Å². The van der Waals surface area contributed by atoms with E-state index in [0.717, 1.165) is 36.2 Å². The molecule has 8 nitrogen and oxygen atoms in total. The van der Waals surface area contributed by atoms with Crippen molar-refractivity contribution in [1.82, 2.24) is 4.57 Å². The van der Waals surface area contributed by atoms with Crippen LogP contribution in [0.3, 0.4) is 0 Å². The number of sulfonamides is 1. The molecule has 2 aromatic rings. The van der Waals surface area contributed by atoms with Crippen molar-refractivity contribution in [3.8, 4) is 6.07 Å². The van der Waals surface area contributed by atoms with Crippen LogP contribution in [0.15, 0.2) is 35.9 Å². The lowest BCUT2D eigenvalue weighted by atomic mass is 10.1. The van der Waals surface area contributed by atoms with Gasteiger partial charge in [0.2, 0.25) is 15.8 Å². The van der Waals surface area contributed by atoms with Crippen molar-refractivity contribution >= 4 is 33.5 Å².